The quantitative estimate of drug-likeness (QED) is 0.0593. The van der Waals surface area contributed by atoms with Crippen molar-refractivity contribution >= 4 is 83.5 Å². The Bertz CT molecular complexity index is 6970. The molecule has 0 unspecified atom stereocenters. The minimum absolute atomic E-state index is 0.0230. The van der Waals surface area contributed by atoms with Crippen LogP contribution in [0.3, 0.4) is 0 Å². The summed E-state index contributed by atoms with van der Waals surface area (Å²) in [5.74, 6) is 1.60. The molecule has 0 aliphatic carbocycles. The van der Waals surface area contributed by atoms with Crippen molar-refractivity contribution in [3.8, 4) is 78.9 Å². The van der Waals surface area contributed by atoms with Crippen LogP contribution in [-0.2, 0) is 10.8 Å². The first-order valence-corrected chi connectivity index (χ1v) is 34.8. The number of benzene rings is 13. The maximum Gasteiger partial charge on any atom is 0.269 e. The van der Waals surface area contributed by atoms with Crippen LogP contribution in [0.15, 0.2) is 321 Å². The molecular weight excluding hydrogens is 1220 g/mol. The van der Waals surface area contributed by atoms with Gasteiger partial charge < -0.3 is 9.30 Å². The molecule has 6 nitrogen and oxygen atoms in total. The van der Waals surface area contributed by atoms with Crippen LogP contribution in [0.25, 0.3) is 122 Å². The number of para-hydroxylation sites is 3. The lowest BCUT2D eigenvalue weighted by atomic mass is 9.83. The Morgan fingerprint density at radius 2 is 0.929 bits per heavy atom. The van der Waals surface area contributed by atoms with E-state index in [1.807, 2.05) is 143 Å². The van der Waals surface area contributed by atoms with Gasteiger partial charge in [0, 0.05) is 33.8 Å². The Balaban J connectivity index is 1.000. The molecule has 0 spiro atoms. The van der Waals surface area contributed by atoms with Crippen LogP contribution in [0.1, 0.15) is 78.7 Å². The van der Waals surface area contributed by atoms with Crippen LogP contribution in [0.5, 0.6) is 11.5 Å². The number of ether oxygens (including phenoxy) is 1. The van der Waals surface area contributed by atoms with Crippen LogP contribution in [0, 0.1) is 6.33 Å². The molecule has 1 aliphatic rings. The average Bonchev–Trinajstić information content (AvgIpc) is 0.908. The topological polar surface area (TPSA) is 40.8 Å². The number of hydrogen-bond acceptors (Lipinski definition) is 2. The molecule has 99 heavy (non-hydrogen) atoms. The van der Waals surface area contributed by atoms with E-state index < -0.39 is 155 Å². The fraction of sp³-hybridized carbons (Fsp3) is 0.0870. The monoisotopic (exact) mass is 1310 g/mol. The number of aromatic nitrogens is 5. The highest BCUT2D eigenvalue weighted by Gasteiger charge is 2.42. The van der Waals surface area contributed by atoms with E-state index >= 15 is 0 Å². The second-order valence-corrected chi connectivity index (χ2v) is 30.5. The fourth-order valence-electron chi connectivity index (χ4n) is 14.5. The summed E-state index contributed by atoms with van der Waals surface area (Å²) in [6, 6.07) is 46.1. The zero-order valence-corrected chi connectivity index (χ0v) is 55.8. The van der Waals surface area contributed by atoms with Crippen LogP contribution >= 0.6 is 0 Å². The van der Waals surface area contributed by atoms with Gasteiger partial charge in [0.15, 0.2) is 8.07 Å². The van der Waals surface area contributed by atoms with Gasteiger partial charge in [-0.15, -0.1) is 0 Å². The lowest BCUT2D eigenvalue weighted by Crippen LogP contribution is -2.74. The Hall–Kier alpha value is -11.9. The molecule has 4 aromatic heterocycles. The van der Waals surface area contributed by atoms with E-state index in [2.05, 4.69) is 118 Å². The van der Waals surface area contributed by atoms with Crippen LogP contribution in [-0.4, -0.2) is 26.8 Å². The lowest BCUT2D eigenvalue weighted by molar-refractivity contribution is -0.571. The maximum absolute atomic E-state index is 11.2. The van der Waals surface area contributed by atoms with Gasteiger partial charge in [-0.1, -0.05) is 278 Å². The second kappa shape index (κ2) is 23.2. The van der Waals surface area contributed by atoms with Gasteiger partial charge in [0.05, 0.1) is 76.2 Å². The molecule has 7 heteroatoms. The van der Waals surface area contributed by atoms with Gasteiger partial charge in [-0.25, -0.2) is 4.98 Å². The van der Waals surface area contributed by atoms with Crippen molar-refractivity contribution < 1.29 is 35.3 Å². The molecule has 0 radical (unpaired) electrons. The third-order valence-electron chi connectivity index (χ3n) is 19.2. The molecule has 0 amide bonds. The van der Waals surface area contributed by atoms with Crippen LogP contribution < -0.4 is 30.1 Å². The summed E-state index contributed by atoms with van der Waals surface area (Å²) in [4.78, 5) is 4.93. The number of nitrogens with zero attached hydrogens (tertiary/aromatic N) is 5. The van der Waals surface area contributed by atoms with Gasteiger partial charge in [0.1, 0.15) is 17.3 Å². The number of hydrogen-bond donors (Lipinski definition) is 0. The first-order chi connectivity index (χ1) is 56.2. The first-order valence-electron chi connectivity index (χ1n) is 42.3. The number of imidazole rings is 1. The van der Waals surface area contributed by atoms with Crippen molar-refractivity contribution in [2.75, 3.05) is 0 Å². The molecule has 1 aliphatic heterocycles. The van der Waals surface area contributed by atoms with Crippen molar-refractivity contribution in [1.82, 2.24) is 18.7 Å². The minimum atomic E-state index is -6.31. The molecule has 17 aromatic rings. The summed E-state index contributed by atoms with van der Waals surface area (Å²) in [5, 5.41) is 0.230. The standard InChI is InChI=1S/C92H71N5OSi/c1-91(2,3)63-50-51-93-88(57-63)97-84-47-25-22-44-78(84)79-49-48-67(59-85(79)97)98-66-30-27-29-65(58-66)94-60-95-89-80(53-62(54-86(89)94)61-28-26-37-71(52-61)99(68-31-10-7-11-32-68,69-33-12-8-13-34-69)70-35-14-9-15-36-70)74-40-18-16-38-72(74)73-39-17-19-41-75(73)81-55-64(92(4,5)6)56-87(90(81)95)96-82-45-23-20-42-76(82)77-43-21-24-46-83(77)96/h7-59H,1-6H3/i7D,8D,9D,10D,11D,12D,13D,14D,15D,26D,28D,31D,32D,33D,34D,35D,36D,37D,52D. The molecule has 0 atom stereocenters. The predicted octanol–water partition coefficient (Wildman–Crippen LogP) is 20.0. The van der Waals surface area contributed by atoms with Gasteiger partial charge in [0.25, 0.3) is 6.33 Å². The van der Waals surface area contributed by atoms with Crippen molar-refractivity contribution in [2.45, 2.75) is 52.4 Å². The zero-order chi connectivity index (χ0) is 83.3. The molecule has 13 aromatic carbocycles. The van der Waals surface area contributed by atoms with Gasteiger partial charge >= 0.3 is 0 Å². The van der Waals surface area contributed by atoms with E-state index in [9.17, 15) is 21.9 Å². The number of fused-ring (bicyclic) bond motifs is 13. The zero-order valence-electron chi connectivity index (χ0n) is 73.8. The molecular formula is C92H71N5OSi. The fourth-order valence-corrected chi connectivity index (χ4v) is 18.1. The van der Waals surface area contributed by atoms with E-state index in [0.717, 1.165) is 88.5 Å². The highest BCUT2D eigenvalue weighted by Crippen LogP contribution is 2.48. The molecule has 5 heterocycles. The lowest BCUT2D eigenvalue weighted by Gasteiger charge is -2.34. The van der Waals surface area contributed by atoms with Crippen molar-refractivity contribution in [1.29, 1.82) is 0 Å². The molecule has 18 rings (SSSR count). The van der Waals surface area contributed by atoms with Gasteiger partial charge in [-0.3, -0.25) is 13.7 Å². The highest BCUT2D eigenvalue weighted by molar-refractivity contribution is 7.20. The molecule has 474 valence electrons. The second-order valence-electron chi connectivity index (χ2n) is 27.0. The molecule has 0 saturated carbocycles. The Labute approximate surface area is 604 Å². The minimum Gasteiger partial charge on any atom is -0.458 e. The van der Waals surface area contributed by atoms with E-state index in [4.69, 9.17) is 13.8 Å². The van der Waals surface area contributed by atoms with Crippen LogP contribution in [0.4, 0.5) is 0 Å². The third kappa shape index (κ3) is 9.73. The van der Waals surface area contributed by atoms with E-state index in [1.54, 1.807) is 12.1 Å². The first kappa shape index (κ1) is 42.6. The average molecular weight is 1310 g/mol. The summed E-state index contributed by atoms with van der Waals surface area (Å²) >= 11 is 0. The number of pyridine rings is 1. The summed E-state index contributed by atoms with van der Waals surface area (Å²) in [5.41, 5.74) is 11.5. The largest absolute Gasteiger partial charge is 0.458 e. The van der Waals surface area contributed by atoms with E-state index in [-0.39, 0.29) is 11.0 Å². The smallest absolute Gasteiger partial charge is 0.269 e. The van der Waals surface area contributed by atoms with E-state index in [0.29, 0.717) is 45.0 Å². The van der Waals surface area contributed by atoms with Crippen molar-refractivity contribution in [2.24, 2.45) is 0 Å². The van der Waals surface area contributed by atoms with Gasteiger partial charge in [0.2, 0.25) is 0 Å². The van der Waals surface area contributed by atoms with Crippen molar-refractivity contribution in [3.63, 3.8) is 0 Å². The van der Waals surface area contributed by atoms with Crippen molar-refractivity contribution in [3.05, 3.63) is 339 Å². The van der Waals surface area contributed by atoms with Gasteiger partial charge in [-0.2, -0.15) is 0 Å². The normalized spacial score (nSPS) is 15.0. The predicted molar refractivity (Wildman–Crippen MR) is 413 cm³/mol. The molecule has 0 N–H and O–H groups in total. The highest BCUT2D eigenvalue weighted by atomic mass is 28.3. The van der Waals surface area contributed by atoms with E-state index in [1.165, 1.54) is 0 Å². The number of rotatable bonds is 10. The summed E-state index contributed by atoms with van der Waals surface area (Å²) in [7, 11) is -6.31. The molecule has 0 fully saturated rings. The Morgan fingerprint density at radius 1 is 0.404 bits per heavy atom. The summed E-state index contributed by atoms with van der Waals surface area (Å²) in [6.07, 6.45) is 5.75. The SMILES string of the molecule is [2H]c1c([2H])c([2H])c([Si](c2c([2H])c([2H])c([2H])c([2H])c2[2H])(c2c([2H])c([2H])c([2H])c([2H])c2[2H])c2c([2H])c([2H])c([2H])c(-c3cc4c5c(c3)n(-c3cccc(Oc6ccc7c8ccccc8n(-c8cc(C(C)(C)C)ccn8)c7c6)c3)[c-][n+]5-c3c(cc(C(C)(C)C)cc3-n3c5ccccc5c5ccccc53)-c3ccccc3-c3ccccc3-4)c2[2H])c([2H])c1[2H]. The third-order valence-corrected chi connectivity index (χ3v) is 23.2. The molecule has 0 saturated heterocycles. The van der Waals surface area contributed by atoms with Crippen LogP contribution in [0.2, 0.25) is 0 Å². The summed E-state index contributed by atoms with van der Waals surface area (Å²) < 4.78 is 200. The Morgan fingerprint density at radius 3 is 1.53 bits per heavy atom. The Kier molecular flexibility index (Phi) is 9.96. The maximum atomic E-state index is 11.2. The molecule has 0 bridgehead atoms. The van der Waals surface area contributed by atoms with Gasteiger partial charge in [-0.05, 0) is 160 Å². The summed E-state index contributed by atoms with van der Waals surface area (Å²) in [6.45, 7) is 13.0.